The molecule has 0 atom stereocenters. The summed E-state index contributed by atoms with van der Waals surface area (Å²) >= 11 is 0. The maximum absolute atomic E-state index is 13.3. The molecular weight excluding hydrogens is 279 g/mol. The van der Waals surface area contributed by atoms with Crippen molar-refractivity contribution in [3.05, 3.63) is 53.3 Å². The molecule has 0 fully saturated rings. The van der Waals surface area contributed by atoms with Crippen LogP contribution in [0.5, 0.6) is 5.75 Å². The van der Waals surface area contributed by atoms with Gasteiger partial charge in [-0.2, -0.15) is 0 Å². The predicted molar refractivity (Wildman–Crippen MR) is 73.8 cm³/mol. The number of phenolic OH excluding ortho intramolecular Hbond substituents is 1. The van der Waals surface area contributed by atoms with Crippen molar-refractivity contribution in [1.82, 2.24) is 0 Å². The van der Waals surface area contributed by atoms with E-state index in [0.29, 0.717) is 0 Å². The van der Waals surface area contributed by atoms with Gasteiger partial charge in [0.15, 0.2) is 0 Å². The fourth-order valence-corrected chi connectivity index (χ4v) is 1.68. The highest BCUT2D eigenvalue weighted by atomic mass is 19.1. The minimum atomic E-state index is -1.32. The second kappa shape index (κ2) is 5.49. The number of nitrogens with two attached hydrogens (primary N) is 1. The van der Waals surface area contributed by atoms with Crippen LogP contribution in [0, 0.1) is 5.82 Å². The molecule has 0 spiro atoms. The molecule has 0 aliphatic carbocycles. The van der Waals surface area contributed by atoms with Gasteiger partial charge in [0.25, 0.3) is 5.91 Å². The van der Waals surface area contributed by atoms with E-state index in [2.05, 4.69) is 5.32 Å². The van der Waals surface area contributed by atoms with Crippen LogP contribution in [-0.4, -0.2) is 22.1 Å². The fourth-order valence-electron chi connectivity index (χ4n) is 1.68. The van der Waals surface area contributed by atoms with Gasteiger partial charge in [0.05, 0.1) is 16.9 Å². The van der Waals surface area contributed by atoms with Crippen molar-refractivity contribution in [3.63, 3.8) is 0 Å². The predicted octanol–water partition coefficient (Wildman–Crippen LogP) is 2.06. The largest absolute Gasteiger partial charge is 0.508 e. The first-order chi connectivity index (χ1) is 9.88. The number of halogens is 1. The lowest BCUT2D eigenvalue weighted by Gasteiger charge is -2.09. The first-order valence-electron chi connectivity index (χ1n) is 5.81. The van der Waals surface area contributed by atoms with Gasteiger partial charge in [-0.25, -0.2) is 9.18 Å². The number of nitrogen functional groups attached to an aromatic ring is 1. The Labute approximate surface area is 118 Å². The molecule has 21 heavy (non-hydrogen) atoms. The molecule has 0 saturated carbocycles. The molecule has 2 aromatic carbocycles. The maximum atomic E-state index is 13.3. The number of carboxylic acids is 1. The van der Waals surface area contributed by atoms with Crippen LogP contribution in [-0.2, 0) is 0 Å². The van der Waals surface area contributed by atoms with Gasteiger partial charge in [-0.1, -0.05) is 0 Å². The number of benzene rings is 2. The first-order valence-corrected chi connectivity index (χ1v) is 5.81. The van der Waals surface area contributed by atoms with E-state index in [9.17, 15) is 19.1 Å². The second-order valence-corrected chi connectivity index (χ2v) is 4.23. The molecule has 0 radical (unpaired) electrons. The number of nitrogens with one attached hydrogen (secondary N) is 1. The van der Waals surface area contributed by atoms with Gasteiger partial charge in [-0.15, -0.1) is 0 Å². The van der Waals surface area contributed by atoms with Crippen LogP contribution < -0.4 is 11.1 Å². The number of phenols is 1. The van der Waals surface area contributed by atoms with Crippen molar-refractivity contribution in [2.24, 2.45) is 0 Å². The van der Waals surface area contributed by atoms with Crippen LogP contribution in [0.3, 0.4) is 0 Å². The summed E-state index contributed by atoms with van der Waals surface area (Å²) in [4.78, 5) is 23.0. The van der Waals surface area contributed by atoms with Crippen molar-refractivity contribution < 1.29 is 24.2 Å². The SMILES string of the molecule is Nc1ccc(C(=O)Nc2ccc(O)cc2C(=O)O)cc1F. The Kier molecular flexibility index (Phi) is 3.75. The lowest BCUT2D eigenvalue weighted by molar-refractivity contribution is 0.0697. The molecule has 0 aliphatic heterocycles. The summed E-state index contributed by atoms with van der Waals surface area (Å²) in [6, 6.07) is 6.97. The van der Waals surface area contributed by atoms with E-state index in [4.69, 9.17) is 10.8 Å². The lowest BCUT2D eigenvalue weighted by atomic mass is 10.1. The van der Waals surface area contributed by atoms with Gasteiger partial charge < -0.3 is 21.3 Å². The van der Waals surface area contributed by atoms with Gasteiger partial charge in [-0.05, 0) is 36.4 Å². The van der Waals surface area contributed by atoms with Crippen LogP contribution >= 0.6 is 0 Å². The highest BCUT2D eigenvalue weighted by Gasteiger charge is 2.15. The highest BCUT2D eigenvalue weighted by Crippen LogP contribution is 2.22. The van der Waals surface area contributed by atoms with Crippen LogP contribution in [0.1, 0.15) is 20.7 Å². The summed E-state index contributed by atoms with van der Waals surface area (Å²) in [5.41, 5.74) is 4.92. The van der Waals surface area contributed by atoms with E-state index in [1.165, 1.54) is 24.3 Å². The Morgan fingerprint density at radius 2 is 1.86 bits per heavy atom. The molecule has 0 aliphatic rings. The monoisotopic (exact) mass is 290 g/mol. The number of hydrogen-bond acceptors (Lipinski definition) is 4. The van der Waals surface area contributed by atoms with Crippen molar-refractivity contribution in [1.29, 1.82) is 0 Å². The molecule has 0 heterocycles. The summed E-state index contributed by atoms with van der Waals surface area (Å²) < 4.78 is 13.3. The number of carboxylic acid groups (broad SMARTS) is 1. The summed E-state index contributed by atoms with van der Waals surface area (Å²) in [6.45, 7) is 0. The van der Waals surface area contributed by atoms with Crippen LogP contribution in [0.2, 0.25) is 0 Å². The van der Waals surface area contributed by atoms with Gasteiger partial charge in [0, 0.05) is 5.56 Å². The summed E-state index contributed by atoms with van der Waals surface area (Å²) in [5, 5.41) is 20.6. The van der Waals surface area contributed by atoms with Crippen LogP contribution in [0.15, 0.2) is 36.4 Å². The number of carbonyl (C=O) groups excluding carboxylic acids is 1. The van der Waals surface area contributed by atoms with Gasteiger partial charge in [0.1, 0.15) is 11.6 Å². The average molecular weight is 290 g/mol. The fraction of sp³-hybridized carbons (Fsp3) is 0. The molecule has 5 N–H and O–H groups in total. The third-order valence-corrected chi connectivity index (χ3v) is 2.74. The zero-order valence-electron chi connectivity index (χ0n) is 10.6. The number of aromatic hydroxyl groups is 1. The van der Waals surface area contributed by atoms with E-state index in [-0.39, 0.29) is 28.3 Å². The van der Waals surface area contributed by atoms with E-state index >= 15 is 0 Å². The smallest absolute Gasteiger partial charge is 0.337 e. The van der Waals surface area contributed by atoms with Crippen molar-refractivity contribution in [2.75, 3.05) is 11.1 Å². The average Bonchev–Trinajstić information content (AvgIpc) is 2.43. The zero-order valence-corrected chi connectivity index (χ0v) is 10.6. The molecule has 6 nitrogen and oxygen atoms in total. The molecule has 0 aromatic heterocycles. The number of anilines is 2. The maximum Gasteiger partial charge on any atom is 0.337 e. The van der Waals surface area contributed by atoms with E-state index < -0.39 is 17.7 Å². The first kappa shape index (κ1) is 14.3. The van der Waals surface area contributed by atoms with Crippen molar-refractivity contribution >= 4 is 23.3 Å². The molecule has 0 bridgehead atoms. The minimum absolute atomic E-state index is 0.00823. The molecule has 1 amide bonds. The Morgan fingerprint density at radius 3 is 2.48 bits per heavy atom. The van der Waals surface area contributed by atoms with E-state index in [1.54, 1.807) is 0 Å². The molecule has 0 unspecified atom stereocenters. The Morgan fingerprint density at radius 1 is 1.14 bits per heavy atom. The molecule has 108 valence electrons. The van der Waals surface area contributed by atoms with E-state index in [0.717, 1.165) is 12.1 Å². The number of hydrogen-bond donors (Lipinski definition) is 4. The molecule has 2 rings (SSSR count). The Bertz CT molecular complexity index is 731. The highest BCUT2D eigenvalue weighted by molar-refractivity contribution is 6.08. The van der Waals surface area contributed by atoms with Crippen molar-refractivity contribution in [3.8, 4) is 5.75 Å². The van der Waals surface area contributed by atoms with Gasteiger partial charge >= 0.3 is 5.97 Å². The Hall–Kier alpha value is -3.09. The molecule has 7 heteroatoms. The topological polar surface area (TPSA) is 113 Å². The normalized spacial score (nSPS) is 10.1. The van der Waals surface area contributed by atoms with Crippen LogP contribution in [0.4, 0.5) is 15.8 Å². The van der Waals surface area contributed by atoms with Crippen LogP contribution in [0.25, 0.3) is 0 Å². The van der Waals surface area contributed by atoms with Crippen molar-refractivity contribution in [2.45, 2.75) is 0 Å². The number of amides is 1. The molecule has 0 saturated heterocycles. The standard InChI is InChI=1S/C14H11FN2O4/c15-10-5-7(1-3-11(10)16)13(19)17-12-4-2-8(18)6-9(12)14(20)21/h1-6,18H,16H2,(H,17,19)(H,20,21). The summed E-state index contributed by atoms with van der Waals surface area (Å²) in [6.07, 6.45) is 0. The quantitative estimate of drug-likeness (QED) is 0.510. The molecular formula is C14H11FN2O4. The Balaban J connectivity index is 2.31. The minimum Gasteiger partial charge on any atom is -0.508 e. The number of carbonyl (C=O) groups is 2. The third-order valence-electron chi connectivity index (χ3n) is 2.74. The number of aromatic carboxylic acids is 1. The summed E-state index contributed by atoms with van der Waals surface area (Å²) in [5.74, 6) is -3.00. The van der Waals surface area contributed by atoms with Gasteiger partial charge in [0.2, 0.25) is 0 Å². The lowest BCUT2D eigenvalue weighted by Crippen LogP contribution is -2.15. The molecule has 2 aromatic rings. The summed E-state index contributed by atoms with van der Waals surface area (Å²) in [7, 11) is 0. The zero-order chi connectivity index (χ0) is 15.6. The van der Waals surface area contributed by atoms with E-state index in [1.807, 2.05) is 0 Å². The third kappa shape index (κ3) is 3.08. The van der Waals surface area contributed by atoms with Gasteiger partial charge in [-0.3, -0.25) is 4.79 Å². The second-order valence-electron chi connectivity index (χ2n) is 4.23. The number of rotatable bonds is 3.